The molecule has 0 heteroatoms. The zero-order chi connectivity index (χ0) is 14.0. The minimum atomic E-state index is 0.128. The van der Waals surface area contributed by atoms with Crippen molar-refractivity contribution in [2.45, 2.75) is 38.5 Å². The molecule has 0 heterocycles. The summed E-state index contributed by atoms with van der Waals surface area (Å²) < 4.78 is 0. The van der Waals surface area contributed by atoms with Crippen LogP contribution in [0.15, 0.2) is 60.7 Å². The van der Waals surface area contributed by atoms with Crippen LogP contribution in [-0.2, 0) is 11.8 Å². The van der Waals surface area contributed by atoms with Gasteiger partial charge in [0, 0.05) is 5.41 Å². The van der Waals surface area contributed by atoms with Gasteiger partial charge in [-0.1, -0.05) is 80.9 Å². The number of benzene rings is 2. The number of fused-ring (bicyclic) bond motifs is 1. The first-order valence-electron chi connectivity index (χ1n) is 7.60. The average Bonchev–Trinajstić information content (AvgIpc) is 2.93. The maximum absolute atomic E-state index is 2.44. The Balaban J connectivity index is 2.09. The highest BCUT2D eigenvalue weighted by Crippen LogP contribution is 2.45. The molecule has 2 aromatic rings. The van der Waals surface area contributed by atoms with Gasteiger partial charge < -0.3 is 0 Å². The van der Waals surface area contributed by atoms with Crippen molar-refractivity contribution in [2.75, 3.05) is 0 Å². The van der Waals surface area contributed by atoms with Crippen LogP contribution in [0.2, 0.25) is 0 Å². The first kappa shape index (κ1) is 13.2. The number of hydrogen-bond donors (Lipinski definition) is 0. The summed E-state index contributed by atoms with van der Waals surface area (Å²) in [6, 6.07) is 19.8. The molecule has 0 radical (unpaired) electrons. The second-order valence-electron chi connectivity index (χ2n) is 5.93. The highest BCUT2D eigenvalue weighted by atomic mass is 14.4. The second-order valence-corrected chi connectivity index (χ2v) is 5.93. The molecule has 0 fully saturated rings. The largest absolute Gasteiger partial charge is 0.0754 e. The van der Waals surface area contributed by atoms with Crippen LogP contribution in [0, 0.1) is 0 Å². The zero-order valence-electron chi connectivity index (χ0n) is 12.4. The Bertz CT molecular complexity index is 621. The third kappa shape index (κ3) is 2.10. The van der Waals surface area contributed by atoms with Gasteiger partial charge in [0.2, 0.25) is 0 Å². The molecule has 0 amide bonds. The Kier molecular flexibility index (Phi) is 3.48. The molecule has 0 bridgehead atoms. The molecule has 0 saturated heterocycles. The van der Waals surface area contributed by atoms with Crippen LogP contribution in [-0.4, -0.2) is 0 Å². The summed E-state index contributed by atoms with van der Waals surface area (Å²) in [5, 5.41) is 0. The van der Waals surface area contributed by atoms with E-state index in [9.17, 15) is 0 Å². The third-order valence-corrected chi connectivity index (χ3v) is 4.59. The normalized spacial score (nSPS) is 16.4. The fourth-order valence-electron chi connectivity index (χ4n) is 3.55. The van der Waals surface area contributed by atoms with E-state index in [1.807, 2.05) is 0 Å². The fourth-order valence-corrected chi connectivity index (χ4v) is 3.55. The fraction of sp³-hybridized carbons (Fsp3) is 0.300. The molecular weight excluding hydrogens is 240 g/mol. The van der Waals surface area contributed by atoms with Crippen molar-refractivity contribution < 1.29 is 0 Å². The Morgan fingerprint density at radius 2 is 1.65 bits per heavy atom. The number of rotatable bonds is 4. The lowest BCUT2D eigenvalue weighted by atomic mass is 9.71. The zero-order valence-corrected chi connectivity index (χ0v) is 12.4. The van der Waals surface area contributed by atoms with E-state index in [2.05, 4.69) is 74.5 Å². The highest BCUT2D eigenvalue weighted by Gasteiger charge is 2.33. The van der Waals surface area contributed by atoms with Crippen molar-refractivity contribution >= 4 is 5.57 Å². The monoisotopic (exact) mass is 262 g/mol. The van der Waals surface area contributed by atoms with Gasteiger partial charge >= 0.3 is 0 Å². The van der Waals surface area contributed by atoms with Gasteiger partial charge in [0.1, 0.15) is 0 Å². The summed E-state index contributed by atoms with van der Waals surface area (Å²) in [4.78, 5) is 0. The molecule has 1 atom stereocenters. The minimum absolute atomic E-state index is 0.128. The lowest BCUT2D eigenvalue weighted by molar-refractivity contribution is 0.548. The molecule has 0 aromatic heterocycles. The summed E-state index contributed by atoms with van der Waals surface area (Å²) in [5.41, 5.74) is 6.00. The van der Waals surface area contributed by atoms with E-state index < -0.39 is 0 Å². The molecule has 0 nitrogen and oxygen atoms in total. The predicted octanol–water partition coefficient (Wildman–Crippen LogP) is 5.38. The average molecular weight is 262 g/mol. The first-order valence-corrected chi connectivity index (χ1v) is 7.60. The number of hydrogen-bond acceptors (Lipinski definition) is 0. The molecule has 0 saturated carbocycles. The van der Waals surface area contributed by atoms with Crippen molar-refractivity contribution in [1.82, 2.24) is 0 Å². The highest BCUT2D eigenvalue weighted by molar-refractivity contribution is 5.80. The Hall–Kier alpha value is -1.82. The summed E-state index contributed by atoms with van der Waals surface area (Å²) in [6.45, 7) is 4.68. The van der Waals surface area contributed by atoms with Gasteiger partial charge in [-0.05, 0) is 35.1 Å². The van der Waals surface area contributed by atoms with Gasteiger partial charge in [-0.15, -0.1) is 0 Å². The molecule has 0 N–H and O–H groups in total. The van der Waals surface area contributed by atoms with Crippen LogP contribution in [0.4, 0.5) is 0 Å². The minimum Gasteiger partial charge on any atom is -0.0754 e. The quantitative estimate of drug-likeness (QED) is 0.693. The van der Waals surface area contributed by atoms with Crippen LogP contribution in [0.1, 0.15) is 43.4 Å². The van der Waals surface area contributed by atoms with Crippen molar-refractivity contribution in [2.24, 2.45) is 0 Å². The van der Waals surface area contributed by atoms with E-state index in [-0.39, 0.29) is 5.41 Å². The Morgan fingerprint density at radius 3 is 2.40 bits per heavy atom. The van der Waals surface area contributed by atoms with Gasteiger partial charge in [0.15, 0.2) is 0 Å². The Morgan fingerprint density at radius 1 is 0.950 bits per heavy atom. The van der Waals surface area contributed by atoms with Gasteiger partial charge in [0.25, 0.3) is 0 Å². The van der Waals surface area contributed by atoms with Crippen LogP contribution in [0.5, 0.6) is 0 Å². The van der Waals surface area contributed by atoms with E-state index in [0.717, 1.165) is 6.42 Å². The molecule has 1 unspecified atom stereocenters. The molecule has 3 rings (SSSR count). The molecule has 0 spiro atoms. The summed E-state index contributed by atoms with van der Waals surface area (Å²) in [6.07, 6.45) is 5.91. The van der Waals surface area contributed by atoms with E-state index in [4.69, 9.17) is 0 Å². The van der Waals surface area contributed by atoms with E-state index in [0.29, 0.717) is 0 Å². The molecule has 2 aromatic carbocycles. The van der Waals surface area contributed by atoms with Crippen molar-refractivity contribution in [3.63, 3.8) is 0 Å². The molecule has 0 aliphatic heterocycles. The van der Waals surface area contributed by atoms with Gasteiger partial charge in [-0.2, -0.15) is 0 Å². The lowest BCUT2D eigenvalue weighted by Gasteiger charge is -2.32. The van der Waals surface area contributed by atoms with E-state index in [1.54, 1.807) is 0 Å². The van der Waals surface area contributed by atoms with E-state index >= 15 is 0 Å². The van der Waals surface area contributed by atoms with Crippen molar-refractivity contribution in [1.29, 1.82) is 0 Å². The molecular formula is C20H22. The maximum Gasteiger partial charge on any atom is 0.0177 e. The summed E-state index contributed by atoms with van der Waals surface area (Å²) in [5.74, 6) is 0. The molecule has 20 heavy (non-hydrogen) atoms. The van der Waals surface area contributed by atoms with Crippen molar-refractivity contribution in [3.05, 3.63) is 77.4 Å². The number of allylic oxidation sites excluding steroid dienone is 2. The summed E-state index contributed by atoms with van der Waals surface area (Å²) >= 11 is 0. The first-order chi connectivity index (χ1) is 9.75. The molecule has 1 aliphatic rings. The standard InChI is InChI=1S/C20H22/c1-3-15-20(2,17-10-5-4-6-11-17)19-14-13-16-9-7-8-12-18(16)19/h4-12,14H,3,13,15H2,1-2H3. The van der Waals surface area contributed by atoms with Crippen LogP contribution in [0.3, 0.4) is 0 Å². The third-order valence-electron chi connectivity index (χ3n) is 4.59. The predicted molar refractivity (Wildman–Crippen MR) is 86.8 cm³/mol. The van der Waals surface area contributed by atoms with Crippen LogP contribution in [0.25, 0.3) is 5.57 Å². The molecule has 1 aliphatic carbocycles. The van der Waals surface area contributed by atoms with Gasteiger partial charge in [-0.25, -0.2) is 0 Å². The lowest BCUT2D eigenvalue weighted by Crippen LogP contribution is -2.23. The molecule has 102 valence electrons. The van der Waals surface area contributed by atoms with Crippen LogP contribution < -0.4 is 0 Å². The maximum atomic E-state index is 2.44. The summed E-state index contributed by atoms with van der Waals surface area (Å²) in [7, 11) is 0. The van der Waals surface area contributed by atoms with E-state index in [1.165, 1.54) is 35.1 Å². The smallest absolute Gasteiger partial charge is 0.0177 e. The van der Waals surface area contributed by atoms with Crippen LogP contribution >= 0.6 is 0 Å². The second kappa shape index (κ2) is 5.28. The SMILES string of the molecule is CCCC(C)(C1=CCc2ccccc21)c1ccccc1. The van der Waals surface area contributed by atoms with Gasteiger partial charge in [-0.3, -0.25) is 0 Å². The van der Waals surface area contributed by atoms with Crippen molar-refractivity contribution in [3.8, 4) is 0 Å². The topological polar surface area (TPSA) is 0 Å². The Labute approximate surface area is 122 Å². The van der Waals surface area contributed by atoms with Gasteiger partial charge in [0.05, 0.1) is 0 Å².